The van der Waals surface area contributed by atoms with Crippen LogP contribution in [0.4, 0.5) is 0 Å². The maximum atomic E-state index is 10.8. The SMILES string of the molecule is C=CC(=O)OCCCCCOCCC1CCC2CC1C2(C)C. The molecular weight excluding hydrogens is 276 g/mol. The summed E-state index contributed by atoms with van der Waals surface area (Å²) in [6.45, 7) is 10.5. The van der Waals surface area contributed by atoms with E-state index in [0.29, 0.717) is 12.0 Å². The molecule has 0 spiro atoms. The predicted molar refractivity (Wildman–Crippen MR) is 88.5 cm³/mol. The Bertz CT molecular complexity index is 373. The molecule has 0 aromatic heterocycles. The number of unbranched alkanes of at least 4 members (excludes halogenated alkanes) is 2. The molecule has 0 aromatic carbocycles. The molecule has 0 amide bonds. The minimum atomic E-state index is -0.329. The zero-order chi connectivity index (χ0) is 16.0. The molecular formula is C19H32O3. The zero-order valence-corrected chi connectivity index (χ0v) is 14.3. The van der Waals surface area contributed by atoms with Gasteiger partial charge >= 0.3 is 5.97 Å². The fraction of sp³-hybridized carbons (Fsp3) is 0.842. The first-order chi connectivity index (χ1) is 10.6. The van der Waals surface area contributed by atoms with Crippen LogP contribution < -0.4 is 0 Å². The summed E-state index contributed by atoms with van der Waals surface area (Å²) >= 11 is 0. The van der Waals surface area contributed by atoms with Crippen LogP contribution >= 0.6 is 0 Å². The molecule has 3 atom stereocenters. The zero-order valence-electron chi connectivity index (χ0n) is 14.3. The Morgan fingerprint density at radius 3 is 2.64 bits per heavy atom. The van der Waals surface area contributed by atoms with Crippen molar-refractivity contribution in [2.24, 2.45) is 23.2 Å². The van der Waals surface area contributed by atoms with Crippen LogP contribution in [-0.4, -0.2) is 25.8 Å². The van der Waals surface area contributed by atoms with E-state index >= 15 is 0 Å². The Kier molecular flexibility index (Phi) is 6.49. The van der Waals surface area contributed by atoms with E-state index in [0.717, 1.165) is 50.2 Å². The van der Waals surface area contributed by atoms with E-state index in [1.165, 1.54) is 31.8 Å². The first kappa shape index (κ1) is 17.5. The van der Waals surface area contributed by atoms with Gasteiger partial charge < -0.3 is 9.47 Å². The highest BCUT2D eigenvalue weighted by Crippen LogP contribution is 2.61. The van der Waals surface area contributed by atoms with Gasteiger partial charge in [-0.25, -0.2) is 4.79 Å². The molecule has 0 aromatic rings. The van der Waals surface area contributed by atoms with Gasteiger partial charge in [0.25, 0.3) is 0 Å². The summed E-state index contributed by atoms with van der Waals surface area (Å²) in [4.78, 5) is 10.8. The summed E-state index contributed by atoms with van der Waals surface area (Å²) < 4.78 is 10.7. The highest BCUT2D eigenvalue weighted by atomic mass is 16.5. The van der Waals surface area contributed by atoms with Crippen LogP contribution in [0.1, 0.15) is 58.8 Å². The Morgan fingerprint density at radius 2 is 1.95 bits per heavy atom. The molecule has 126 valence electrons. The number of carbonyl (C=O) groups excluding carboxylic acids is 1. The molecule has 3 saturated carbocycles. The second kappa shape index (κ2) is 8.14. The molecule has 0 saturated heterocycles. The van der Waals surface area contributed by atoms with E-state index in [-0.39, 0.29) is 5.97 Å². The van der Waals surface area contributed by atoms with Crippen LogP contribution in [0.25, 0.3) is 0 Å². The summed E-state index contributed by atoms with van der Waals surface area (Å²) in [6.07, 6.45) is 9.74. The third kappa shape index (κ3) is 4.34. The van der Waals surface area contributed by atoms with Gasteiger partial charge in [-0.15, -0.1) is 0 Å². The molecule has 3 rings (SSSR count). The summed E-state index contributed by atoms with van der Waals surface area (Å²) in [7, 11) is 0. The summed E-state index contributed by atoms with van der Waals surface area (Å²) in [5.41, 5.74) is 0.589. The largest absolute Gasteiger partial charge is 0.463 e. The number of hydrogen-bond donors (Lipinski definition) is 0. The quantitative estimate of drug-likeness (QED) is 0.341. The van der Waals surface area contributed by atoms with E-state index in [1.807, 2.05) is 0 Å². The molecule has 0 radical (unpaired) electrons. The second-order valence-electron chi connectivity index (χ2n) is 7.53. The van der Waals surface area contributed by atoms with E-state index in [4.69, 9.17) is 9.47 Å². The smallest absolute Gasteiger partial charge is 0.330 e. The molecule has 0 heterocycles. The summed E-state index contributed by atoms with van der Waals surface area (Å²) in [5.74, 6) is 2.49. The van der Waals surface area contributed by atoms with Crippen molar-refractivity contribution in [3.63, 3.8) is 0 Å². The van der Waals surface area contributed by atoms with Crippen LogP contribution in [-0.2, 0) is 14.3 Å². The Balaban J connectivity index is 1.43. The van der Waals surface area contributed by atoms with Crippen molar-refractivity contribution >= 4 is 5.97 Å². The second-order valence-corrected chi connectivity index (χ2v) is 7.53. The lowest BCUT2D eigenvalue weighted by molar-refractivity contribution is -0.137. The predicted octanol–water partition coefficient (Wildman–Crippen LogP) is 4.36. The molecule has 22 heavy (non-hydrogen) atoms. The van der Waals surface area contributed by atoms with Crippen molar-refractivity contribution in [3.05, 3.63) is 12.7 Å². The van der Waals surface area contributed by atoms with Gasteiger partial charge in [0.05, 0.1) is 6.61 Å². The van der Waals surface area contributed by atoms with Gasteiger partial charge in [-0.3, -0.25) is 0 Å². The van der Waals surface area contributed by atoms with Gasteiger partial charge in [0.2, 0.25) is 0 Å². The van der Waals surface area contributed by atoms with Crippen LogP contribution in [0.15, 0.2) is 12.7 Å². The fourth-order valence-corrected chi connectivity index (χ4v) is 4.36. The standard InChI is InChI=1S/C19H32O3/c1-4-18(20)22-12-7-5-6-11-21-13-10-15-8-9-16-14-17(15)19(16,2)3/h4,15-17H,1,5-14H2,2-3H3. The average Bonchev–Trinajstić information content (AvgIpc) is 2.52. The van der Waals surface area contributed by atoms with Gasteiger partial charge in [-0.1, -0.05) is 20.4 Å². The maximum absolute atomic E-state index is 10.8. The Labute approximate surface area is 135 Å². The minimum Gasteiger partial charge on any atom is -0.463 e. The van der Waals surface area contributed by atoms with Gasteiger partial charge in [-0.2, -0.15) is 0 Å². The molecule has 2 bridgehead atoms. The number of hydrogen-bond acceptors (Lipinski definition) is 3. The van der Waals surface area contributed by atoms with Gasteiger partial charge in [0, 0.05) is 19.3 Å². The number of ether oxygens (including phenoxy) is 2. The molecule has 0 aliphatic heterocycles. The summed E-state index contributed by atoms with van der Waals surface area (Å²) in [6, 6.07) is 0. The number of esters is 1. The molecule has 3 fully saturated rings. The van der Waals surface area contributed by atoms with Crippen molar-refractivity contribution in [1.29, 1.82) is 0 Å². The maximum Gasteiger partial charge on any atom is 0.330 e. The van der Waals surface area contributed by atoms with Crippen LogP contribution in [0.3, 0.4) is 0 Å². The van der Waals surface area contributed by atoms with Crippen LogP contribution in [0.5, 0.6) is 0 Å². The normalized spacial score (nSPS) is 28.7. The third-order valence-corrected chi connectivity index (χ3v) is 5.98. The number of rotatable bonds is 10. The lowest BCUT2D eigenvalue weighted by Crippen LogP contribution is -2.52. The third-order valence-electron chi connectivity index (χ3n) is 5.98. The van der Waals surface area contributed by atoms with Crippen molar-refractivity contribution in [1.82, 2.24) is 0 Å². The van der Waals surface area contributed by atoms with Crippen molar-refractivity contribution in [2.45, 2.75) is 58.8 Å². The van der Waals surface area contributed by atoms with E-state index in [2.05, 4.69) is 20.4 Å². The first-order valence-electron chi connectivity index (χ1n) is 8.92. The van der Waals surface area contributed by atoms with Gasteiger partial charge in [-0.05, 0) is 68.1 Å². The highest BCUT2D eigenvalue weighted by Gasteiger charge is 2.53. The Morgan fingerprint density at radius 1 is 1.18 bits per heavy atom. The van der Waals surface area contributed by atoms with Crippen LogP contribution in [0, 0.1) is 23.2 Å². The van der Waals surface area contributed by atoms with E-state index in [1.54, 1.807) is 0 Å². The van der Waals surface area contributed by atoms with E-state index < -0.39 is 0 Å². The minimum absolute atomic E-state index is 0.329. The lowest BCUT2D eigenvalue weighted by Gasteiger charge is -2.60. The molecule has 3 aliphatic carbocycles. The molecule has 3 unspecified atom stereocenters. The summed E-state index contributed by atoms with van der Waals surface area (Å²) in [5, 5.41) is 0. The van der Waals surface area contributed by atoms with Gasteiger partial charge in [0.15, 0.2) is 0 Å². The molecule has 3 nitrogen and oxygen atoms in total. The molecule has 3 heteroatoms. The lowest BCUT2D eigenvalue weighted by atomic mass is 9.45. The molecule has 0 N–H and O–H groups in total. The van der Waals surface area contributed by atoms with Crippen molar-refractivity contribution in [3.8, 4) is 0 Å². The average molecular weight is 308 g/mol. The van der Waals surface area contributed by atoms with Crippen LogP contribution in [0.2, 0.25) is 0 Å². The Hall–Kier alpha value is -0.830. The monoisotopic (exact) mass is 308 g/mol. The van der Waals surface area contributed by atoms with Gasteiger partial charge in [0.1, 0.15) is 0 Å². The fourth-order valence-electron chi connectivity index (χ4n) is 4.36. The highest BCUT2D eigenvalue weighted by molar-refractivity contribution is 5.81. The van der Waals surface area contributed by atoms with E-state index in [9.17, 15) is 4.79 Å². The van der Waals surface area contributed by atoms with Crippen molar-refractivity contribution < 1.29 is 14.3 Å². The van der Waals surface area contributed by atoms with Crippen molar-refractivity contribution in [2.75, 3.05) is 19.8 Å². The topological polar surface area (TPSA) is 35.5 Å². The number of fused-ring (bicyclic) bond motifs is 2. The molecule has 3 aliphatic rings. The number of carbonyl (C=O) groups is 1. The first-order valence-corrected chi connectivity index (χ1v) is 8.92.